The maximum atomic E-state index is 12.3. The normalized spacial score (nSPS) is 20.4. The first-order valence-corrected chi connectivity index (χ1v) is 9.50. The Morgan fingerprint density at radius 3 is 2.58 bits per heavy atom. The van der Waals surface area contributed by atoms with Crippen molar-refractivity contribution < 1.29 is 14.4 Å². The average Bonchev–Trinajstić information content (AvgIpc) is 3.26. The van der Waals surface area contributed by atoms with Crippen LogP contribution in [0.15, 0.2) is 30.3 Å². The molecule has 0 radical (unpaired) electrons. The second kappa shape index (κ2) is 8.83. The molecular weight excluding hydrogens is 330 g/mol. The molecule has 0 spiro atoms. The number of carbonyl (C=O) groups is 3. The quantitative estimate of drug-likeness (QED) is 0.778. The fourth-order valence-corrected chi connectivity index (χ4v) is 3.72. The van der Waals surface area contributed by atoms with Crippen LogP contribution in [0, 0.1) is 5.92 Å². The summed E-state index contributed by atoms with van der Waals surface area (Å²) in [4.78, 5) is 38.1. The van der Waals surface area contributed by atoms with Crippen molar-refractivity contribution >= 4 is 17.7 Å². The molecule has 2 fully saturated rings. The van der Waals surface area contributed by atoms with Gasteiger partial charge in [-0.05, 0) is 18.4 Å². The summed E-state index contributed by atoms with van der Waals surface area (Å²) in [6.45, 7) is 1.29. The topological polar surface area (TPSA) is 78.5 Å². The molecule has 1 atom stereocenters. The number of carbonyl (C=O) groups excluding carboxylic acids is 3. The highest BCUT2D eigenvalue weighted by Crippen LogP contribution is 2.20. The molecule has 2 aliphatic rings. The van der Waals surface area contributed by atoms with Gasteiger partial charge in [0, 0.05) is 38.5 Å². The highest BCUT2D eigenvalue weighted by Gasteiger charge is 2.34. The molecule has 6 nitrogen and oxygen atoms in total. The molecule has 6 heteroatoms. The summed E-state index contributed by atoms with van der Waals surface area (Å²) >= 11 is 0. The molecule has 1 aliphatic carbocycles. The van der Waals surface area contributed by atoms with Crippen LogP contribution in [0.2, 0.25) is 0 Å². The summed E-state index contributed by atoms with van der Waals surface area (Å²) in [7, 11) is 0. The number of hydrogen-bond acceptors (Lipinski definition) is 3. The van der Waals surface area contributed by atoms with Crippen LogP contribution in [0.1, 0.15) is 44.1 Å². The van der Waals surface area contributed by atoms with E-state index in [-0.39, 0.29) is 36.5 Å². The Bertz CT molecular complexity index is 641. The molecule has 0 aromatic heterocycles. The molecule has 2 N–H and O–H groups in total. The first-order chi connectivity index (χ1) is 12.6. The van der Waals surface area contributed by atoms with Gasteiger partial charge in [-0.15, -0.1) is 0 Å². The molecule has 1 heterocycles. The third kappa shape index (κ3) is 5.07. The Balaban J connectivity index is 1.38. The summed E-state index contributed by atoms with van der Waals surface area (Å²) in [5.74, 6) is -0.468. The Labute approximate surface area is 154 Å². The monoisotopic (exact) mass is 357 g/mol. The van der Waals surface area contributed by atoms with Crippen molar-refractivity contribution in [2.24, 2.45) is 5.92 Å². The van der Waals surface area contributed by atoms with Crippen molar-refractivity contribution in [3.05, 3.63) is 35.9 Å². The van der Waals surface area contributed by atoms with Crippen molar-refractivity contribution in [3.63, 3.8) is 0 Å². The molecule has 140 valence electrons. The van der Waals surface area contributed by atoms with Crippen molar-refractivity contribution in [2.75, 3.05) is 13.1 Å². The molecule has 1 unspecified atom stereocenters. The zero-order valence-electron chi connectivity index (χ0n) is 15.1. The minimum atomic E-state index is -0.330. The van der Waals surface area contributed by atoms with E-state index in [1.807, 2.05) is 30.3 Å². The third-order valence-electron chi connectivity index (χ3n) is 5.17. The van der Waals surface area contributed by atoms with Gasteiger partial charge in [0.25, 0.3) is 0 Å². The first-order valence-electron chi connectivity index (χ1n) is 9.50. The summed E-state index contributed by atoms with van der Waals surface area (Å²) in [5, 5.41) is 5.82. The lowest BCUT2D eigenvalue weighted by atomic mass is 10.1. The number of likely N-dealkylation sites (tertiary alicyclic amines) is 1. The van der Waals surface area contributed by atoms with Gasteiger partial charge in [0.1, 0.15) is 0 Å². The maximum Gasteiger partial charge on any atom is 0.225 e. The van der Waals surface area contributed by atoms with E-state index >= 15 is 0 Å². The van der Waals surface area contributed by atoms with Gasteiger partial charge in [0.15, 0.2) is 0 Å². The van der Waals surface area contributed by atoms with E-state index in [9.17, 15) is 14.4 Å². The average molecular weight is 357 g/mol. The standard InChI is InChI=1S/C20H27N3O3/c24-18(22-17-8-4-5-9-17)10-11-21-20(26)16-12-19(25)23(14-16)13-15-6-2-1-3-7-15/h1-3,6-7,16-17H,4-5,8-14H2,(H,21,26)(H,22,24). The lowest BCUT2D eigenvalue weighted by Gasteiger charge is -2.17. The second-order valence-corrected chi connectivity index (χ2v) is 7.25. The van der Waals surface area contributed by atoms with E-state index < -0.39 is 0 Å². The smallest absolute Gasteiger partial charge is 0.225 e. The number of benzene rings is 1. The van der Waals surface area contributed by atoms with Gasteiger partial charge < -0.3 is 15.5 Å². The minimum Gasteiger partial charge on any atom is -0.355 e. The minimum absolute atomic E-state index is 0.00739. The van der Waals surface area contributed by atoms with Gasteiger partial charge in [-0.25, -0.2) is 0 Å². The van der Waals surface area contributed by atoms with E-state index in [0.717, 1.165) is 18.4 Å². The zero-order chi connectivity index (χ0) is 18.4. The Hall–Kier alpha value is -2.37. The fraction of sp³-hybridized carbons (Fsp3) is 0.550. The van der Waals surface area contributed by atoms with Crippen LogP contribution in [0.3, 0.4) is 0 Å². The molecule has 1 saturated heterocycles. The van der Waals surface area contributed by atoms with Crippen molar-refractivity contribution in [3.8, 4) is 0 Å². The van der Waals surface area contributed by atoms with Crippen LogP contribution < -0.4 is 10.6 Å². The molecule has 3 rings (SSSR count). The SMILES string of the molecule is O=C(CCNC(=O)C1CC(=O)N(Cc2ccccc2)C1)NC1CCCC1. The predicted molar refractivity (Wildman–Crippen MR) is 98.0 cm³/mol. The van der Waals surface area contributed by atoms with Crippen LogP contribution in [-0.2, 0) is 20.9 Å². The van der Waals surface area contributed by atoms with Gasteiger partial charge in [0.05, 0.1) is 5.92 Å². The van der Waals surface area contributed by atoms with E-state index in [1.165, 1.54) is 12.8 Å². The molecule has 26 heavy (non-hydrogen) atoms. The number of nitrogens with one attached hydrogen (secondary N) is 2. The van der Waals surface area contributed by atoms with Crippen molar-refractivity contribution in [1.29, 1.82) is 0 Å². The molecule has 1 aromatic carbocycles. The third-order valence-corrected chi connectivity index (χ3v) is 5.17. The summed E-state index contributed by atoms with van der Waals surface area (Å²) in [6, 6.07) is 10.1. The van der Waals surface area contributed by atoms with Gasteiger partial charge in [-0.3, -0.25) is 14.4 Å². The molecule has 1 saturated carbocycles. The van der Waals surface area contributed by atoms with E-state index in [0.29, 0.717) is 25.7 Å². The molecule has 3 amide bonds. The summed E-state index contributed by atoms with van der Waals surface area (Å²) in [5.41, 5.74) is 1.06. The van der Waals surface area contributed by atoms with E-state index in [4.69, 9.17) is 0 Å². The predicted octanol–water partition coefficient (Wildman–Crippen LogP) is 1.60. The molecule has 0 bridgehead atoms. The first kappa shape index (κ1) is 18.4. The Morgan fingerprint density at radius 1 is 1.12 bits per heavy atom. The molecule has 1 aliphatic heterocycles. The summed E-state index contributed by atoms with van der Waals surface area (Å²) in [6.07, 6.45) is 5.00. The number of hydrogen-bond donors (Lipinski definition) is 2. The van der Waals surface area contributed by atoms with Gasteiger partial charge in [-0.2, -0.15) is 0 Å². The van der Waals surface area contributed by atoms with Gasteiger partial charge in [0.2, 0.25) is 17.7 Å². The molecule has 1 aromatic rings. The summed E-state index contributed by atoms with van der Waals surface area (Å²) < 4.78 is 0. The Kier molecular flexibility index (Phi) is 6.26. The van der Waals surface area contributed by atoms with Crippen LogP contribution >= 0.6 is 0 Å². The van der Waals surface area contributed by atoms with Gasteiger partial charge >= 0.3 is 0 Å². The van der Waals surface area contributed by atoms with E-state index in [1.54, 1.807) is 4.90 Å². The lowest BCUT2D eigenvalue weighted by molar-refractivity contribution is -0.129. The van der Waals surface area contributed by atoms with Crippen LogP contribution in [0.5, 0.6) is 0 Å². The largest absolute Gasteiger partial charge is 0.355 e. The fourth-order valence-electron chi connectivity index (χ4n) is 3.72. The number of rotatable bonds is 7. The highest BCUT2D eigenvalue weighted by atomic mass is 16.2. The van der Waals surface area contributed by atoms with Crippen LogP contribution in [0.4, 0.5) is 0 Å². The number of nitrogens with zero attached hydrogens (tertiary/aromatic N) is 1. The highest BCUT2D eigenvalue weighted by molar-refractivity contribution is 5.89. The Morgan fingerprint density at radius 2 is 1.85 bits per heavy atom. The van der Waals surface area contributed by atoms with Crippen LogP contribution in [-0.4, -0.2) is 41.8 Å². The molecular formula is C20H27N3O3. The van der Waals surface area contributed by atoms with Crippen molar-refractivity contribution in [1.82, 2.24) is 15.5 Å². The zero-order valence-corrected chi connectivity index (χ0v) is 15.1. The van der Waals surface area contributed by atoms with Crippen LogP contribution in [0.25, 0.3) is 0 Å². The van der Waals surface area contributed by atoms with Crippen molar-refractivity contribution in [2.45, 2.75) is 51.1 Å². The maximum absolute atomic E-state index is 12.3. The lowest BCUT2D eigenvalue weighted by Crippen LogP contribution is -2.37. The van der Waals surface area contributed by atoms with Gasteiger partial charge in [-0.1, -0.05) is 43.2 Å². The van der Waals surface area contributed by atoms with E-state index in [2.05, 4.69) is 10.6 Å². The second-order valence-electron chi connectivity index (χ2n) is 7.25. The number of amides is 3.